The minimum Gasteiger partial charge on any atom is -0.458 e. The van der Waals surface area contributed by atoms with Crippen molar-refractivity contribution in [2.45, 2.75) is 203 Å². The van der Waals surface area contributed by atoms with E-state index in [1.54, 1.807) is 73.2 Å². The van der Waals surface area contributed by atoms with E-state index in [2.05, 4.69) is 10.6 Å². The van der Waals surface area contributed by atoms with Crippen molar-refractivity contribution < 1.29 is 62.8 Å². The number of anilines is 1. The van der Waals surface area contributed by atoms with Crippen LogP contribution in [0.5, 0.6) is 0 Å². The summed E-state index contributed by atoms with van der Waals surface area (Å²) in [5.41, 5.74) is 15.7. The van der Waals surface area contributed by atoms with Crippen LogP contribution in [0.3, 0.4) is 0 Å². The number of Topliss-reactive ketones (excluding diaryl/α,β-unsaturated/α-hetero) is 3. The number of aromatic nitrogens is 4. The van der Waals surface area contributed by atoms with Crippen molar-refractivity contribution in [1.82, 2.24) is 29.7 Å². The summed E-state index contributed by atoms with van der Waals surface area (Å²) >= 11 is 0. The standard InChI is InChI=1S/C45H44N4O9.C32H36N4O6.2CH4/c1-5-45(57)34-20-36-41-32(21-48(36)43(55)33(34)22-58-44(45)56)30-8-6-7-29-26(11-14-35(47-41)40(29)30)18-37(51)24(4)46-42(54)31(23(2)3)19-28(50)17-25-9-12-27(13-10-25)49-38(52)15-16-39(49)53;1-5-32(41)22-12-24-28-20(13-36(24)30(39)21(22)14-42-31(32)40)19-8-6-7-18-17(9-10-23(35-28)26(18)19)11-25(37)16(4)34-29(38)27(33)15(2)3;;/h9-16,20,23-24,31,57H,5-8,17-19,21-22H2,1-4H3,(H,46,54);9-10,12,15-16,27,41H,5-8,11,13-14,33H2,1-4H3,(H,34,38);2*1H4/t24-,31-,45-;16-,27-,32-;;/m00../s1. The van der Waals surface area contributed by atoms with Crippen molar-refractivity contribution >= 4 is 80.4 Å². The van der Waals surface area contributed by atoms with Gasteiger partial charge in [-0.25, -0.2) is 24.5 Å². The smallest absolute Gasteiger partial charge is 0.343 e. The number of pyridine rings is 4. The zero-order valence-corrected chi connectivity index (χ0v) is 57.2. The van der Waals surface area contributed by atoms with Gasteiger partial charge in [-0.1, -0.05) is 80.7 Å². The number of imide groups is 1. The van der Waals surface area contributed by atoms with Gasteiger partial charge in [0.15, 0.2) is 22.8 Å². The van der Waals surface area contributed by atoms with E-state index in [1.807, 2.05) is 52.0 Å². The summed E-state index contributed by atoms with van der Waals surface area (Å²) in [6.07, 6.45) is 7.71. The second kappa shape index (κ2) is 28.1. The number of benzene rings is 3. The van der Waals surface area contributed by atoms with E-state index >= 15 is 0 Å². The van der Waals surface area contributed by atoms with Gasteiger partial charge in [-0.2, -0.15) is 0 Å². The van der Waals surface area contributed by atoms with Crippen LogP contribution in [0.1, 0.15) is 175 Å². The maximum Gasteiger partial charge on any atom is 0.343 e. The molecule has 0 unspecified atom stereocenters. The highest BCUT2D eigenvalue weighted by Gasteiger charge is 2.48. The van der Waals surface area contributed by atoms with E-state index < -0.39 is 59.0 Å². The number of nitrogens with two attached hydrogens (primary N) is 1. The maximum atomic E-state index is 13.8. The SMILES string of the molecule is C.C.CC[C@@]1(O)C(=O)OCc2c1cc1n(c2=O)Cc2c-1nc1ccc(CC(=O)[C@H](C)NC(=O)[C@@H](CC(=O)Cc3ccc(N4C(=O)C=CC4=O)cc3)C(C)C)c3c1c2CCC3.CC[C@@]1(O)C(=O)OCc2c1cc1n(c2=O)Cc2c-1nc1ccc(CC(=O)[C@H](C)NC(=O)[C@@H](N)C(C)C)c3c1c2CCC3. The molecule has 7 aliphatic rings. The molecule has 3 aromatic carbocycles. The average Bonchev–Trinajstić information content (AvgIpc) is 1.51. The number of amides is 4. The third-order valence-corrected chi connectivity index (χ3v) is 21.5. The highest BCUT2D eigenvalue weighted by atomic mass is 16.6. The number of rotatable bonds is 19. The first-order valence-electron chi connectivity index (χ1n) is 34.5. The molecule has 14 rings (SSSR count). The number of cyclic esters (lactones) is 2. The van der Waals surface area contributed by atoms with E-state index in [1.165, 1.54) is 12.2 Å². The second-order valence-electron chi connectivity index (χ2n) is 28.2. The third-order valence-electron chi connectivity index (χ3n) is 21.5. The number of carbonyl (C=O) groups excluding carboxylic acids is 9. The molecule has 7 aromatic rings. The molecule has 0 fully saturated rings. The molecule has 0 saturated heterocycles. The molecule has 534 valence electrons. The number of hydrogen-bond donors (Lipinski definition) is 5. The molecule has 0 bridgehead atoms. The van der Waals surface area contributed by atoms with Gasteiger partial charge in [-0.15, -0.1) is 0 Å². The Morgan fingerprint density at radius 2 is 0.990 bits per heavy atom. The van der Waals surface area contributed by atoms with Gasteiger partial charge in [0, 0.05) is 76.8 Å². The second-order valence-corrected chi connectivity index (χ2v) is 28.2. The summed E-state index contributed by atoms with van der Waals surface area (Å²) in [6, 6.07) is 15.5. The molecule has 4 aromatic heterocycles. The predicted molar refractivity (Wildman–Crippen MR) is 382 cm³/mol. The Balaban J connectivity index is 0.000000211. The van der Waals surface area contributed by atoms with E-state index in [-0.39, 0.29) is 130 Å². The van der Waals surface area contributed by atoms with Gasteiger partial charge < -0.3 is 45.2 Å². The first kappa shape index (κ1) is 73.3. The first-order valence-corrected chi connectivity index (χ1v) is 34.5. The zero-order valence-electron chi connectivity index (χ0n) is 57.2. The summed E-state index contributed by atoms with van der Waals surface area (Å²) < 4.78 is 13.7. The zero-order chi connectivity index (χ0) is 71.3. The van der Waals surface area contributed by atoms with Crippen LogP contribution in [0.25, 0.3) is 44.6 Å². The largest absolute Gasteiger partial charge is 0.458 e. The lowest BCUT2D eigenvalue weighted by Gasteiger charge is -2.31. The molecular formula is C79H88N8O15. The van der Waals surface area contributed by atoms with Crippen molar-refractivity contribution in [3.05, 3.63) is 166 Å². The lowest BCUT2D eigenvalue weighted by atomic mass is 9.83. The molecule has 0 spiro atoms. The van der Waals surface area contributed by atoms with Crippen LogP contribution in [0.4, 0.5) is 5.69 Å². The Morgan fingerprint density at radius 1 is 0.559 bits per heavy atom. The minimum absolute atomic E-state index is 0. The Morgan fingerprint density at radius 3 is 1.41 bits per heavy atom. The highest BCUT2D eigenvalue weighted by molar-refractivity contribution is 6.28. The van der Waals surface area contributed by atoms with Crippen molar-refractivity contribution in [2.24, 2.45) is 23.5 Å². The van der Waals surface area contributed by atoms with Crippen molar-refractivity contribution in [3.63, 3.8) is 0 Å². The number of fused-ring (bicyclic) bond motifs is 10. The van der Waals surface area contributed by atoms with E-state index in [0.29, 0.717) is 58.2 Å². The average molecular weight is 1390 g/mol. The molecule has 0 saturated carbocycles. The molecule has 23 nitrogen and oxygen atoms in total. The topological polar surface area (TPSA) is 336 Å². The van der Waals surface area contributed by atoms with Crippen LogP contribution < -0.4 is 32.4 Å². The molecule has 6 atom stereocenters. The summed E-state index contributed by atoms with van der Waals surface area (Å²) in [6.45, 7) is 14.4. The monoisotopic (exact) mass is 1390 g/mol. The molecule has 0 radical (unpaired) electrons. The number of aryl methyl sites for hydroxylation is 4. The van der Waals surface area contributed by atoms with Gasteiger partial charge in [0.05, 0.1) is 81.8 Å². The first-order chi connectivity index (χ1) is 47.6. The Hall–Kier alpha value is -9.97. The van der Waals surface area contributed by atoms with Gasteiger partial charge >= 0.3 is 11.9 Å². The molecule has 102 heavy (non-hydrogen) atoms. The number of nitrogens with one attached hydrogen (secondary N) is 2. The van der Waals surface area contributed by atoms with E-state index in [0.717, 1.165) is 110 Å². The molecule has 23 heteroatoms. The number of esters is 2. The molecule has 6 N–H and O–H groups in total. The molecule has 9 heterocycles. The van der Waals surface area contributed by atoms with Crippen LogP contribution >= 0.6 is 0 Å². The van der Waals surface area contributed by atoms with E-state index in [4.69, 9.17) is 25.2 Å². The van der Waals surface area contributed by atoms with Crippen LogP contribution in [0.15, 0.2) is 82.4 Å². The molecule has 5 aliphatic heterocycles. The normalized spacial score (nSPS) is 19.0. The maximum absolute atomic E-state index is 13.8. The Labute approximate surface area is 590 Å². The summed E-state index contributed by atoms with van der Waals surface area (Å²) in [4.78, 5) is 154. The summed E-state index contributed by atoms with van der Waals surface area (Å²) in [7, 11) is 0. The molecule has 2 aliphatic carbocycles. The molecular weight excluding hydrogens is 1300 g/mol. The van der Waals surface area contributed by atoms with Crippen LogP contribution in [0.2, 0.25) is 0 Å². The number of ketones is 3. The molecule has 4 amide bonds. The summed E-state index contributed by atoms with van der Waals surface area (Å²) in [5.74, 6) is -4.36. The quantitative estimate of drug-likeness (QED) is 0.0386. The summed E-state index contributed by atoms with van der Waals surface area (Å²) in [5, 5.41) is 30.1. The lowest BCUT2D eigenvalue weighted by molar-refractivity contribution is -0.172. The van der Waals surface area contributed by atoms with Gasteiger partial charge in [0.1, 0.15) is 19.0 Å². The number of ether oxygens (including phenoxy) is 2. The lowest BCUT2D eigenvalue weighted by Crippen LogP contribution is -2.49. The fraction of sp³-hybridized carbons (Fsp3) is 0.430. The van der Waals surface area contributed by atoms with E-state index in [9.17, 15) is 63.0 Å². The number of nitrogens with zero attached hydrogens (tertiary/aromatic N) is 5. The van der Waals surface area contributed by atoms with Crippen molar-refractivity contribution in [2.75, 3.05) is 4.90 Å². The predicted octanol–water partition coefficient (Wildman–Crippen LogP) is 7.53. The number of aliphatic hydroxyl groups is 2. The van der Waals surface area contributed by atoms with Gasteiger partial charge in [-0.05, 0) is 152 Å². The van der Waals surface area contributed by atoms with Crippen molar-refractivity contribution in [1.29, 1.82) is 0 Å². The van der Waals surface area contributed by atoms with Crippen LogP contribution in [-0.2, 0) is 135 Å². The van der Waals surface area contributed by atoms with Gasteiger partial charge in [-0.3, -0.25) is 43.2 Å². The Bertz CT molecular complexity index is 4890. The minimum atomic E-state index is -1.91. The third kappa shape index (κ3) is 12.5. The Kier molecular flexibility index (Phi) is 20.2. The fourth-order valence-electron chi connectivity index (χ4n) is 15.5. The van der Waals surface area contributed by atoms with Gasteiger partial charge in [0.2, 0.25) is 11.8 Å². The fourth-order valence-corrected chi connectivity index (χ4v) is 15.5. The highest BCUT2D eigenvalue weighted by Crippen LogP contribution is 2.46. The van der Waals surface area contributed by atoms with Crippen LogP contribution in [0, 0.1) is 17.8 Å². The number of hydrogen-bond acceptors (Lipinski definition) is 18. The number of carbonyl (C=O) groups is 9. The van der Waals surface area contributed by atoms with Crippen LogP contribution in [-0.4, -0.2) is 100 Å². The van der Waals surface area contributed by atoms with Gasteiger partial charge in [0.25, 0.3) is 22.9 Å². The van der Waals surface area contributed by atoms with Crippen molar-refractivity contribution in [3.8, 4) is 22.8 Å².